The third-order valence-electron chi connectivity index (χ3n) is 4.43. The molecule has 0 aliphatic rings. The second-order valence-corrected chi connectivity index (χ2v) is 7.29. The first-order valence-electron chi connectivity index (χ1n) is 8.75. The number of anilines is 1. The maximum Gasteiger partial charge on any atom is 0.277 e. The van der Waals surface area contributed by atoms with E-state index in [-0.39, 0.29) is 5.91 Å². The number of hydrogen-bond donors (Lipinski definition) is 1. The Morgan fingerprint density at radius 3 is 2.43 bits per heavy atom. The molecule has 7 heteroatoms. The number of nitrogens with zero attached hydrogens (tertiary/aromatic N) is 4. The van der Waals surface area contributed by atoms with E-state index in [4.69, 9.17) is 0 Å². The van der Waals surface area contributed by atoms with Crippen molar-refractivity contribution < 1.29 is 4.79 Å². The third-order valence-corrected chi connectivity index (χ3v) is 4.96. The normalized spacial score (nSPS) is 10.8. The molecule has 4 rings (SSSR count). The lowest BCUT2D eigenvalue weighted by molar-refractivity contribution is 0.102. The van der Waals surface area contributed by atoms with Crippen LogP contribution in [0.15, 0.2) is 71.3 Å². The number of para-hydroxylation sites is 1. The highest BCUT2D eigenvalue weighted by atomic mass is 79.9. The fourth-order valence-electron chi connectivity index (χ4n) is 3.10. The molecule has 140 valence electrons. The molecular weight excluding hydrogens is 418 g/mol. The highest BCUT2D eigenvalue weighted by molar-refractivity contribution is 9.10. The van der Waals surface area contributed by atoms with E-state index >= 15 is 0 Å². The van der Waals surface area contributed by atoms with Crippen molar-refractivity contribution in [1.29, 1.82) is 0 Å². The van der Waals surface area contributed by atoms with Gasteiger partial charge in [-0.3, -0.25) is 9.48 Å². The quantitative estimate of drug-likeness (QED) is 0.509. The van der Waals surface area contributed by atoms with Crippen LogP contribution in [0.2, 0.25) is 0 Å². The van der Waals surface area contributed by atoms with E-state index in [1.54, 1.807) is 21.6 Å². The van der Waals surface area contributed by atoms with Crippen LogP contribution in [-0.4, -0.2) is 25.5 Å². The van der Waals surface area contributed by atoms with Crippen LogP contribution in [0.3, 0.4) is 0 Å². The lowest BCUT2D eigenvalue weighted by Gasteiger charge is -2.08. The number of amides is 1. The van der Waals surface area contributed by atoms with Crippen LogP contribution in [0.25, 0.3) is 16.8 Å². The lowest BCUT2D eigenvalue weighted by Crippen LogP contribution is -2.16. The summed E-state index contributed by atoms with van der Waals surface area (Å²) in [6, 6.07) is 19.3. The topological polar surface area (TPSA) is 64.7 Å². The number of carbonyl (C=O) groups is 1. The third kappa shape index (κ3) is 3.48. The molecule has 0 unspecified atom stereocenters. The van der Waals surface area contributed by atoms with Crippen LogP contribution in [0.1, 0.15) is 16.2 Å². The number of halogens is 1. The van der Waals surface area contributed by atoms with Gasteiger partial charge < -0.3 is 5.32 Å². The Morgan fingerprint density at radius 2 is 1.71 bits per heavy atom. The number of aromatic nitrogens is 4. The maximum absolute atomic E-state index is 12.8. The Bertz CT molecular complexity index is 1130. The van der Waals surface area contributed by atoms with E-state index in [0.717, 1.165) is 27.0 Å². The van der Waals surface area contributed by atoms with E-state index in [1.807, 2.05) is 68.6 Å². The summed E-state index contributed by atoms with van der Waals surface area (Å²) < 4.78 is 4.35. The van der Waals surface area contributed by atoms with Crippen molar-refractivity contribution in [3.05, 3.63) is 82.7 Å². The van der Waals surface area contributed by atoms with Gasteiger partial charge in [0, 0.05) is 23.3 Å². The van der Waals surface area contributed by atoms with E-state index in [2.05, 4.69) is 31.4 Å². The molecule has 0 radical (unpaired) electrons. The first-order chi connectivity index (χ1) is 13.5. The summed E-state index contributed by atoms with van der Waals surface area (Å²) in [7, 11) is 1.81. The summed E-state index contributed by atoms with van der Waals surface area (Å²) in [5, 5.41) is 11.8. The fraction of sp³-hybridized carbons (Fsp3) is 0.0952. The summed E-state index contributed by atoms with van der Waals surface area (Å²) in [6.45, 7) is 1.93. The maximum atomic E-state index is 12.8. The van der Waals surface area contributed by atoms with Gasteiger partial charge in [-0.2, -0.15) is 10.2 Å². The molecule has 0 aliphatic heterocycles. The van der Waals surface area contributed by atoms with Crippen molar-refractivity contribution in [2.24, 2.45) is 7.05 Å². The van der Waals surface area contributed by atoms with Gasteiger partial charge in [0.25, 0.3) is 5.91 Å². The van der Waals surface area contributed by atoms with Crippen molar-refractivity contribution in [2.45, 2.75) is 6.92 Å². The molecule has 1 N–H and O–H groups in total. The Kier molecular flexibility index (Phi) is 4.83. The average Bonchev–Trinajstić information content (AvgIpc) is 3.29. The number of benzene rings is 2. The average molecular weight is 436 g/mol. The zero-order valence-electron chi connectivity index (χ0n) is 15.4. The summed E-state index contributed by atoms with van der Waals surface area (Å²) in [6.07, 6.45) is 1.77. The second-order valence-electron chi connectivity index (χ2n) is 6.37. The second kappa shape index (κ2) is 7.44. The number of carbonyl (C=O) groups excluding carboxylic acids is 1. The van der Waals surface area contributed by atoms with Gasteiger partial charge in [-0.15, -0.1) is 0 Å². The van der Waals surface area contributed by atoms with Gasteiger partial charge in [0.2, 0.25) is 0 Å². The van der Waals surface area contributed by atoms with Gasteiger partial charge in [-0.1, -0.05) is 46.3 Å². The monoisotopic (exact) mass is 435 g/mol. The van der Waals surface area contributed by atoms with Crippen molar-refractivity contribution in [3.63, 3.8) is 0 Å². The first kappa shape index (κ1) is 18.2. The Balaban J connectivity index is 1.64. The van der Waals surface area contributed by atoms with E-state index in [1.165, 1.54) is 0 Å². The molecule has 0 saturated heterocycles. The molecule has 1 amide bonds. The molecular formula is C21H18BrN5O. The molecule has 0 saturated carbocycles. The zero-order chi connectivity index (χ0) is 19.7. The number of nitrogens with one attached hydrogen (secondary N) is 1. The predicted octanol–water partition coefficient (Wildman–Crippen LogP) is 4.60. The molecule has 0 atom stereocenters. The number of hydrogen-bond acceptors (Lipinski definition) is 3. The molecule has 0 bridgehead atoms. The van der Waals surface area contributed by atoms with Crippen molar-refractivity contribution in [3.8, 4) is 16.8 Å². The standard InChI is InChI=1S/C21H18BrN5O/c1-14-19(15-8-10-16(22)11-9-15)20(26(2)24-14)23-21(28)18-12-13-27(25-18)17-6-4-3-5-7-17/h3-13H,1-2H3,(H,23,28). The Labute approximate surface area is 170 Å². The smallest absolute Gasteiger partial charge is 0.277 e. The summed E-state index contributed by atoms with van der Waals surface area (Å²) in [4.78, 5) is 12.8. The van der Waals surface area contributed by atoms with Crippen molar-refractivity contribution >= 4 is 27.7 Å². The minimum absolute atomic E-state index is 0.281. The number of rotatable bonds is 4. The van der Waals surface area contributed by atoms with E-state index in [9.17, 15) is 4.79 Å². The predicted molar refractivity (Wildman–Crippen MR) is 113 cm³/mol. The SMILES string of the molecule is Cc1nn(C)c(NC(=O)c2ccn(-c3ccccc3)n2)c1-c1ccc(Br)cc1. The van der Waals surface area contributed by atoms with Crippen LogP contribution in [-0.2, 0) is 7.05 Å². The highest BCUT2D eigenvalue weighted by Crippen LogP contribution is 2.32. The summed E-state index contributed by atoms with van der Waals surface area (Å²) >= 11 is 3.45. The van der Waals surface area contributed by atoms with Crippen LogP contribution in [0.5, 0.6) is 0 Å². The highest BCUT2D eigenvalue weighted by Gasteiger charge is 2.19. The minimum Gasteiger partial charge on any atom is -0.305 e. The molecule has 2 aromatic heterocycles. The van der Waals surface area contributed by atoms with Crippen LogP contribution < -0.4 is 5.32 Å². The van der Waals surface area contributed by atoms with Gasteiger partial charge in [0.05, 0.1) is 11.4 Å². The minimum atomic E-state index is -0.281. The summed E-state index contributed by atoms with van der Waals surface area (Å²) in [5.41, 5.74) is 3.96. The van der Waals surface area contributed by atoms with Crippen LogP contribution in [0, 0.1) is 6.92 Å². The van der Waals surface area contributed by atoms with Gasteiger partial charge in [-0.05, 0) is 42.8 Å². The lowest BCUT2D eigenvalue weighted by atomic mass is 10.1. The Morgan fingerprint density at radius 1 is 1.00 bits per heavy atom. The van der Waals surface area contributed by atoms with Gasteiger partial charge in [0.1, 0.15) is 5.82 Å². The first-order valence-corrected chi connectivity index (χ1v) is 9.54. The van der Waals surface area contributed by atoms with Crippen molar-refractivity contribution in [1.82, 2.24) is 19.6 Å². The molecule has 2 aromatic carbocycles. The van der Waals surface area contributed by atoms with Crippen molar-refractivity contribution in [2.75, 3.05) is 5.32 Å². The fourth-order valence-corrected chi connectivity index (χ4v) is 3.37. The molecule has 2 heterocycles. The molecule has 4 aromatic rings. The van der Waals surface area contributed by atoms with E-state index in [0.29, 0.717) is 11.5 Å². The molecule has 0 fully saturated rings. The molecule has 0 spiro atoms. The molecule has 6 nitrogen and oxygen atoms in total. The zero-order valence-corrected chi connectivity index (χ0v) is 17.0. The van der Waals surface area contributed by atoms with E-state index < -0.39 is 0 Å². The summed E-state index contributed by atoms with van der Waals surface area (Å²) in [5.74, 6) is 0.357. The van der Waals surface area contributed by atoms with Gasteiger partial charge >= 0.3 is 0 Å². The van der Waals surface area contributed by atoms with Gasteiger partial charge in [-0.25, -0.2) is 4.68 Å². The van der Waals surface area contributed by atoms with Gasteiger partial charge in [0.15, 0.2) is 5.69 Å². The molecule has 0 aliphatic carbocycles. The molecule has 28 heavy (non-hydrogen) atoms. The Hall–Kier alpha value is -3.19. The van der Waals surface area contributed by atoms with Crippen LogP contribution in [0.4, 0.5) is 5.82 Å². The number of aryl methyl sites for hydroxylation is 2. The largest absolute Gasteiger partial charge is 0.305 e. The van der Waals surface area contributed by atoms with Crippen LogP contribution >= 0.6 is 15.9 Å².